The number of nitrogens with two attached hydrogens (primary N) is 1. The lowest BCUT2D eigenvalue weighted by molar-refractivity contribution is -0.192. The quantitative estimate of drug-likeness (QED) is 0.395. The number of H-pyrrole nitrogens is 1. The van der Waals surface area contributed by atoms with E-state index in [0.29, 0.717) is 13.0 Å². The Morgan fingerprint density at radius 3 is 2.53 bits per heavy atom. The van der Waals surface area contributed by atoms with Crippen LogP contribution in [0.5, 0.6) is 11.5 Å². The van der Waals surface area contributed by atoms with Crippen LogP contribution >= 0.6 is 11.3 Å². The van der Waals surface area contributed by atoms with Gasteiger partial charge in [0.1, 0.15) is 5.82 Å². The summed E-state index contributed by atoms with van der Waals surface area (Å²) in [6.45, 7) is 0.272. The number of aryl methyl sites for hydroxylation is 1. The number of hydrogen-bond acceptors (Lipinski definition) is 7. The Hall–Kier alpha value is -3.72. The van der Waals surface area contributed by atoms with Gasteiger partial charge in [-0.15, -0.1) is 11.3 Å². The summed E-state index contributed by atoms with van der Waals surface area (Å²) in [4.78, 5) is 23.0. The summed E-state index contributed by atoms with van der Waals surface area (Å²) in [7, 11) is 0. The molecule has 0 amide bonds. The molecule has 0 fully saturated rings. The van der Waals surface area contributed by atoms with Crippen molar-refractivity contribution in [2.75, 3.05) is 13.3 Å². The minimum atomic E-state index is -5.08. The van der Waals surface area contributed by atoms with Gasteiger partial charge in [-0.3, -0.25) is 4.57 Å². The number of hydrogen-bond donors (Lipinski definition) is 3. The SMILES string of the molecule is NCC(Cc1n[nH]c(=O)n1CCc1ccc(-c2ccc3c(c2)OCO3)s1)=C(F)F.O=C(O)C(F)(F)F. The highest BCUT2D eigenvalue weighted by Gasteiger charge is 2.38. The van der Waals surface area contributed by atoms with Crippen molar-refractivity contribution in [3.8, 4) is 21.9 Å². The normalized spacial score (nSPS) is 12.2. The first-order valence-electron chi connectivity index (χ1n) is 10.2. The van der Waals surface area contributed by atoms with Gasteiger partial charge in [-0.1, -0.05) is 0 Å². The number of ether oxygens (including phenoxy) is 2. The summed E-state index contributed by atoms with van der Waals surface area (Å²) in [5.41, 5.74) is 5.72. The van der Waals surface area contributed by atoms with E-state index in [1.807, 2.05) is 30.3 Å². The number of benzene rings is 1. The predicted molar refractivity (Wildman–Crippen MR) is 118 cm³/mol. The molecule has 0 saturated heterocycles. The zero-order valence-corrected chi connectivity index (χ0v) is 19.1. The highest BCUT2D eigenvalue weighted by molar-refractivity contribution is 7.15. The van der Waals surface area contributed by atoms with Gasteiger partial charge >= 0.3 is 17.8 Å². The first-order valence-corrected chi connectivity index (χ1v) is 11.0. The van der Waals surface area contributed by atoms with Crippen LogP contribution < -0.4 is 20.9 Å². The van der Waals surface area contributed by atoms with Gasteiger partial charge in [0.2, 0.25) is 6.79 Å². The highest BCUT2D eigenvalue weighted by Crippen LogP contribution is 2.38. The molecule has 0 spiro atoms. The largest absolute Gasteiger partial charge is 0.490 e. The maximum atomic E-state index is 12.9. The van der Waals surface area contributed by atoms with E-state index >= 15 is 0 Å². The minimum absolute atomic E-state index is 0.162. The number of carbonyl (C=O) groups is 1. The molecule has 9 nitrogen and oxygen atoms in total. The average molecular weight is 534 g/mol. The minimum Gasteiger partial charge on any atom is -0.475 e. The zero-order valence-electron chi connectivity index (χ0n) is 18.3. The topological polar surface area (TPSA) is 132 Å². The summed E-state index contributed by atoms with van der Waals surface area (Å²) in [6, 6.07) is 9.77. The summed E-state index contributed by atoms with van der Waals surface area (Å²) in [6.07, 6.45) is -6.51. The number of fused-ring (bicyclic) bond motifs is 1. The molecule has 1 aromatic carbocycles. The molecule has 194 valence electrons. The van der Waals surface area contributed by atoms with Crippen LogP contribution in [0, 0.1) is 0 Å². The van der Waals surface area contributed by atoms with Gasteiger partial charge in [0, 0.05) is 34.8 Å². The Bertz CT molecular complexity index is 1310. The van der Waals surface area contributed by atoms with E-state index < -0.39 is 23.9 Å². The Morgan fingerprint density at radius 2 is 1.89 bits per heavy atom. The molecule has 0 radical (unpaired) electrons. The number of alkyl halides is 3. The number of carboxylic acid groups (broad SMARTS) is 1. The standard InChI is InChI=1S/C19H18F2N4O3S.C2HF3O2/c20-18(21)12(9-22)8-17-23-24-19(26)25(17)6-5-13-2-4-16(29-13)11-1-3-14-15(7-11)28-10-27-14;3-2(4,5)1(6)7/h1-4,7H,5-6,8-10,22H2,(H,24,26);(H,6,7). The Morgan fingerprint density at radius 1 is 1.19 bits per heavy atom. The second-order valence-corrected chi connectivity index (χ2v) is 8.40. The van der Waals surface area contributed by atoms with Crippen molar-refractivity contribution in [1.29, 1.82) is 0 Å². The number of aliphatic carboxylic acids is 1. The van der Waals surface area contributed by atoms with Crippen molar-refractivity contribution in [3.05, 3.63) is 63.2 Å². The molecule has 0 atom stereocenters. The number of nitrogens with zero attached hydrogens (tertiary/aromatic N) is 2. The molecule has 3 aromatic rings. The fourth-order valence-electron chi connectivity index (χ4n) is 3.06. The molecular weight excluding hydrogens is 515 g/mol. The van der Waals surface area contributed by atoms with Crippen LogP contribution in [-0.4, -0.2) is 45.4 Å². The van der Waals surface area contributed by atoms with Crippen molar-refractivity contribution in [1.82, 2.24) is 14.8 Å². The van der Waals surface area contributed by atoms with E-state index in [4.69, 9.17) is 25.1 Å². The number of halogens is 5. The Kier molecular flexibility index (Phi) is 8.47. The predicted octanol–water partition coefficient (Wildman–Crippen LogP) is 3.56. The molecule has 0 aliphatic carbocycles. The van der Waals surface area contributed by atoms with E-state index in [-0.39, 0.29) is 31.2 Å². The number of rotatable bonds is 7. The molecule has 0 bridgehead atoms. The van der Waals surface area contributed by atoms with Crippen LogP contribution in [0.25, 0.3) is 10.4 Å². The molecule has 4 N–H and O–H groups in total. The van der Waals surface area contributed by atoms with E-state index in [1.54, 1.807) is 11.3 Å². The second kappa shape index (κ2) is 11.3. The van der Waals surface area contributed by atoms with Crippen LogP contribution in [0.3, 0.4) is 0 Å². The maximum Gasteiger partial charge on any atom is 0.490 e. The third-order valence-corrected chi connectivity index (χ3v) is 6.06. The number of nitrogens with one attached hydrogen (secondary N) is 1. The molecule has 1 aliphatic rings. The number of aromatic amines is 1. The number of aromatic nitrogens is 3. The molecule has 3 heterocycles. The van der Waals surface area contributed by atoms with E-state index in [1.165, 1.54) is 4.57 Å². The lowest BCUT2D eigenvalue weighted by Gasteiger charge is -2.06. The maximum absolute atomic E-state index is 12.9. The van der Waals surface area contributed by atoms with Crippen molar-refractivity contribution in [2.45, 2.75) is 25.6 Å². The molecule has 0 unspecified atom stereocenters. The van der Waals surface area contributed by atoms with Crippen molar-refractivity contribution >= 4 is 17.3 Å². The molecule has 2 aromatic heterocycles. The highest BCUT2D eigenvalue weighted by atomic mass is 32.1. The zero-order chi connectivity index (χ0) is 26.5. The summed E-state index contributed by atoms with van der Waals surface area (Å²) < 4.78 is 69.6. The molecule has 15 heteroatoms. The third kappa shape index (κ3) is 6.69. The van der Waals surface area contributed by atoms with Crippen LogP contribution in [0.2, 0.25) is 0 Å². The van der Waals surface area contributed by atoms with Crippen LogP contribution in [-0.2, 0) is 24.2 Å². The molecule has 36 heavy (non-hydrogen) atoms. The summed E-state index contributed by atoms with van der Waals surface area (Å²) in [5, 5.41) is 13.3. The molecule has 4 rings (SSSR count). The summed E-state index contributed by atoms with van der Waals surface area (Å²) in [5.74, 6) is -1.06. The van der Waals surface area contributed by atoms with Gasteiger partial charge < -0.3 is 20.3 Å². The van der Waals surface area contributed by atoms with Crippen LogP contribution in [0.4, 0.5) is 22.0 Å². The molecule has 0 saturated carbocycles. The fourth-order valence-corrected chi connectivity index (χ4v) is 4.05. The molecule has 1 aliphatic heterocycles. The first-order chi connectivity index (χ1) is 17.0. The van der Waals surface area contributed by atoms with Gasteiger partial charge in [0.15, 0.2) is 11.5 Å². The van der Waals surface area contributed by atoms with Crippen LogP contribution in [0.15, 0.2) is 46.8 Å². The lowest BCUT2D eigenvalue weighted by Crippen LogP contribution is -2.21. The monoisotopic (exact) mass is 534 g/mol. The lowest BCUT2D eigenvalue weighted by atomic mass is 10.1. The van der Waals surface area contributed by atoms with Crippen molar-refractivity contribution < 1.29 is 41.3 Å². The average Bonchev–Trinajstić information content (AvgIpc) is 3.55. The first kappa shape index (κ1) is 26.9. The molecular formula is C21H19F5N4O5S. The number of thiophene rings is 1. The van der Waals surface area contributed by atoms with Gasteiger partial charge in [-0.2, -0.15) is 27.1 Å². The van der Waals surface area contributed by atoms with Crippen molar-refractivity contribution in [3.63, 3.8) is 0 Å². The van der Waals surface area contributed by atoms with E-state index in [9.17, 15) is 26.7 Å². The summed E-state index contributed by atoms with van der Waals surface area (Å²) >= 11 is 1.60. The van der Waals surface area contributed by atoms with Gasteiger partial charge in [-0.25, -0.2) is 14.7 Å². The smallest absolute Gasteiger partial charge is 0.475 e. The van der Waals surface area contributed by atoms with E-state index in [0.717, 1.165) is 26.8 Å². The Balaban J connectivity index is 0.000000454. The van der Waals surface area contributed by atoms with Gasteiger partial charge in [-0.05, 0) is 42.3 Å². The van der Waals surface area contributed by atoms with Gasteiger partial charge in [0.25, 0.3) is 6.08 Å². The third-order valence-electron chi connectivity index (χ3n) is 4.87. The number of carboxylic acids is 1. The van der Waals surface area contributed by atoms with E-state index in [2.05, 4.69) is 10.2 Å². The Labute approximate surface area is 203 Å². The van der Waals surface area contributed by atoms with Crippen molar-refractivity contribution in [2.24, 2.45) is 5.73 Å². The second-order valence-electron chi connectivity index (χ2n) is 7.23. The fraction of sp³-hybridized carbons (Fsp3) is 0.286. The van der Waals surface area contributed by atoms with Crippen LogP contribution in [0.1, 0.15) is 10.7 Å². The van der Waals surface area contributed by atoms with Gasteiger partial charge in [0.05, 0.1) is 0 Å².